The van der Waals surface area contributed by atoms with Crippen LogP contribution in [-0.4, -0.2) is 176 Å². The molecule has 7 aromatic rings. The van der Waals surface area contributed by atoms with Gasteiger partial charge in [0, 0.05) is 63.5 Å². The molecule has 1 heterocycles. The van der Waals surface area contributed by atoms with Crippen LogP contribution in [0.25, 0.3) is 0 Å². The molecule has 0 saturated heterocycles. The molecule has 0 unspecified atom stereocenters. The topological polar surface area (TPSA) is 566 Å². The second-order valence-electron chi connectivity index (χ2n) is 30.5. The van der Waals surface area contributed by atoms with E-state index in [9.17, 15) is 58.2 Å². The number of rotatable bonds is 55. The summed E-state index contributed by atoms with van der Waals surface area (Å²) in [5, 5.41) is 57.1. The van der Waals surface area contributed by atoms with Crippen molar-refractivity contribution in [1.29, 1.82) is 5.41 Å². The average molecular weight is 1710 g/mol. The van der Waals surface area contributed by atoms with E-state index in [0.717, 1.165) is 60.9 Å². The van der Waals surface area contributed by atoms with Gasteiger partial charge in [0.15, 0.2) is 5.96 Å². The van der Waals surface area contributed by atoms with Crippen molar-refractivity contribution in [2.24, 2.45) is 28.7 Å². The fourth-order valence-electron chi connectivity index (χ4n) is 14.1. The molecule has 0 aliphatic rings. The van der Waals surface area contributed by atoms with Gasteiger partial charge in [-0.3, -0.25) is 67.7 Å². The molecule has 7 rings (SSSR count). The Morgan fingerprint density at radius 1 is 0.427 bits per heavy atom. The van der Waals surface area contributed by atoms with Crippen LogP contribution in [0.5, 0.6) is 5.75 Å². The van der Waals surface area contributed by atoms with Crippen LogP contribution in [0, 0.1) is 5.41 Å². The molecule has 12 amide bonds. The molecule has 34 nitrogen and oxygen atoms in total. The molecule has 0 radical (unpaired) electrons. The number of carboxylic acid groups (broad SMARTS) is 1. The number of carbonyl (C=O) groups is 13. The number of unbranched alkanes of at least 4 members (excludes halogenated alkanes) is 5. The molecule has 0 aliphatic heterocycles. The summed E-state index contributed by atoms with van der Waals surface area (Å²) in [6.07, 6.45) is 6.42. The van der Waals surface area contributed by atoms with Crippen molar-refractivity contribution in [1.82, 2.24) is 68.0 Å². The zero-order valence-electron chi connectivity index (χ0n) is 69.9. The van der Waals surface area contributed by atoms with Gasteiger partial charge >= 0.3 is 5.97 Å². The summed E-state index contributed by atoms with van der Waals surface area (Å²) in [6, 6.07) is 36.4. The Morgan fingerprint density at radius 3 is 1.28 bits per heavy atom. The van der Waals surface area contributed by atoms with Crippen molar-refractivity contribution in [2.45, 2.75) is 208 Å². The maximum atomic E-state index is 15.3. The minimum atomic E-state index is -2.11. The number of amides is 12. The Hall–Kier alpha value is -13.8. The first-order valence-electron chi connectivity index (χ1n) is 41.6. The number of allylic oxidation sites excluding steroid dienone is 1. The second-order valence-corrected chi connectivity index (χ2v) is 30.5. The van der Waals surface area contributed by atoms with E-state index in [0.29, 0.717) is 41.8 Å². The Morgan fingerprint density at radius 2 is 0.815 bits per heavy atom. The molecule has 1 aromatic heterocycles. The first-order chi connectivity index (χ1) is 59.4. The van der Waals surface area contributed by atoms with Crippen molar-refractivity contribution >= 4 is 82.8 Å². The van der Waals surface area contributed by atoms with Gasteiger partial charge in [-0.15, -0.1) is 0 Å². The lowest BCUT2D eigenvalue weighted by Crippen LogP contribution is -2.61. The summed E-state index contributed by atoms with van der Waals surface area (Å²) in [5.41, 5.74) is 33.6. The van der Waals surface area contributed by atoms with E-state index in [1.807, 2.05) is 102 Å². The number of aromatic hydroxyl groups is 1. The van der Waals surface area contributed by atoms with Crippen molar-refractivity contribution in [3.8, 4) is 5.75 Å². The lowest BCUT2D eigenvalue weighted by molar-refractivity contribution is -0.141. The number of benzene rings is 6. The largest absolute Gasteiger partial charge is 0.508 e. The number of phenolic OH excluding ortho intramolecular Hbond substituents is 1. The number of aromatic nitrogens is 2. The van der Waals surface area contributed by atoms with E-state index in [4.69, 9.17) is 39.1 Å². The maximum Gasteiger partial charge on any atom is 0.305 e. The SMILES string of the molecule is C=C(CCCCCCC)NCCCC[C@H](NC(=O)[C@@H](N)Cc1cn(C(c2ccccc2)(c2ccccc2)c2ccccc2)cn1)C(=O)N[C@@H](Cc1ccccc1)C(=O)N[C@@H](Cc1ccc(O)cc1)C(=O)N[C@@H](CC(=O)O)C(=O)N[C@@H](CCC(N)=O)C(=O)N[C@@H](CCC(N)=O)C(=O)N[C@@H](C)C(=O)N[C@@H](CCCNC(=N)N)C(=O)N[C@@H](Cc1ccccc1)C(N)=O. The van der Waals surface area contributed by atoms with Gasteiger partial charge in [-0.2, -0.15) is 0 Å². The lowest BCUT2D eigenvalue weighted by atomic mass is 9.77. The average Bonchev–Trinajstić information content (AvgIpc) is 1.36. The van der Waals surface area contributed by atoms with Crippen LogP contribution >= 0.6 is 0 Å². The summed E-state index contributed by atoms with van der Waals surface area (Å²) in [6.45, 7) is 8.13. The molecule has 0 saturated carbocycles. The van der Waals surface area contributed by atoms with E-state index in [1.54, 1.807) is 67.0 Å². The zero-order chi connectivity index (χ0) is 90.1. The number of carbonyl (C=O) groups excluding carboxylic acids is 12. The van der Waals surface area contributed by atoms with Crippen molar-refractivity contribution < 1.29 is 72.5 Å². The molecule has 662 valence electrons. The van der Waals surface area contributed by atoms with E-state index < -0.39 is 181 Å². The summed E-state index contributed by atoms with van der Waals surface area (Å²) in [5.74, 6) is -14.3. The summed E-state index contributed by atoms with van der Waals surface area (Å²) in [4.78, 5) is 186. The van der Waals surface area contributed by atoms with Crippen LogP contribution in [0.3, 0.4) is 0 Å². The highest BCUT2D eigenvalue weighted by molar-refractivity contribution is 6.00. The van der Waals surface area contributed by atoms with Crippen LogP contribution in [0.15, 0.2) is 201 Å². The molecule has 24 N–H and O–H groups in total. The number of aliphatic carboxylic acids is 1. The standard InChI is InChI=1S/C90H117N19O15/c1-4-5-6-7-13-27-57(2)97-48-25-24-38-68(102-81(117)67(91)53-65-55-109(56-99-65)90(62-32-18-10-19-33-62,63-34-20-11-21-35-63)64-36-22-12-23-37-64)84(120)106-73(51-60-30-16-9-17-31-60)86(122)107-74(52-61-40-42-66(110)43-41-61)87(123)108-75(54-78(113)114)88(124)104-71(45-47-77(93)112)85(121)103-70(44-46-76(92)111)82(118)100-58(3)80(116)101-69(39-26-49-98-89(95)96)83(119)105-72(79(94)115)50-59-28-14-8-15-29-59/h8-12,14-23,28-37,40-43,55-56,58,67-75,97,110H,2,4-7,13,24-27,38-39,44-54,91H2,1,3H3,(H2,92,111)(H2,93,112)(H2,94,115)(H,100,118)(H,101,116)(H,102,117)(H,103,121)(H,104,124)(H,105,119)(H,106,120)(H,107,122)(H,108,123)(H,113,114)(H4,95,96,98)/t58-,67-,68-,69-,70-,71-,72-,73-,74-,75-/m0/s1. The molecule has 0 bridgehead atoms. The van der Waals surface area contributed by atoms with Gasteiger partial charge < -0.3 is 102 Å². The Bertz CT molecular complexity index is 4600. The lowest BCUT2D eigenvalue weighted by Gasteiger charge is -2.37. The highest BCUT2D eigenvalue weighted by atomic mass is 16.4. The van der Waals surface area contributed by atoms with E-state index in [1.165, 1.54) is 31.2 Å². The number of hydrogen-bond donors (Lipinski definition) is 19. The quantitative estimate of drug-likeness (QED) is 0.0113. The number of nitrogens with zero attached hydrogens (tertiary/aromatic N) is 2. The van der Waals surface area contributed by atoms with Crippen molar-refractivity contribution in [3.05, 3.63) is 240 Å². The van der Waals surface area contributed by atoms with Gasteiger partial charge in [0.25, 0.3) is 0 Å². The van der Waals surface area contributed by atoms with Crippen LogP contribution in [0.2, 0.25) is 0 Å². The van der Waals surface area contributed by atoms with Crippen molar-refractivity contribution in [2.75, 3.05) is 13.1 Å². The third-order valence-corrected chi connectivity index (χ3v) is 20.7. The highest BCUT2D eigenvalue weighted by Gasteiger charge is 2.41. The Kier molecular flexibility index (Phi) is 39.6. The minimum absolute atomic E-state index is 0.0117. The normalized spacial score (nSPS) is 13.5. The molecule has 34 heteroatoms. The number of guanidine groups is 1. The second kappa shape index (κ2) is 50.4. The summed E-state index contributed by atoms with van der Waals surface area (Å²) >= 11 is 0. The number of hydrogen-bond acceptors (Lipinski definition) is 18. The zero-order valence-corrected chi connectivity index (χ0v) is 69.9. The Labute approximate surface area is 720 Å². The van der Waals surface area contributed by atoms with Crippen molar-refractivity contribution in [3.63, 3.8) is 0 Å². The fraction of sp³-hybridized carbons (Fsp3) is 0.389. The third-order valence-electron chi connectivity index (χ3n) is 20.7. The number of nitrogens with two attached hydrogens (primary N) is 5. The maximum absolute atomic E-state index is 15.3. The molecule has 10 atom stereocenters. The first kappa shape index (κ1) is 97.3. The Balaban J connectivity index is 1.12. The molecule has 124 heavy (non-hydrogen) atoms. The van der Waals surface area contributed by atoms with E-state index >= 15 is 14.4 Å². The molecular formula is C90H117N19O15. The predicted octanol–water partition coefficient (Wildman–Crippen LogP) is 2.80. The molecule has 0 aliphatic carbocycles. The molecule has 0 spiro atoms. The predicted molar refractivity (Wildman–Crippen MR) is 465 cm³/mol. The van der Waals surface area contributed by atoms with Gasteiger partial charge in [0.1, 0.15) is 65.7 Å². The van der Waals surface area contributed by atoms with Crippen LogP contribution in [-0.2, 0) is 93.6 Å². The summed E-state index contributed by atoms with van der Waals surface area (Å²) < 4.78 is 1.98. The third kappa shape index (κ3) is 32.0. The van der Waals surface area contributed by atoms with Gasteiger partial charge in [-0.25, -0.2) is 4.98 Å². The van der Waals surface area contributed by atoms with Crippen LogP contribution in [0.1, 0.15) is 156 Å². The van der Waals surface area contributed by atoms with E-state index in [2.05, 4.69) is 72.0 Å². The summed E-state index contributed by atoms with van der Waals surface area (Å²) in [7, 11) is 0. The number of nitrogens with one attached hydrogen (secondary N) is 12. The number of primary amides is 3. The number of carboxylic acids is 1. The first-order valence-corrected chi connectivity index (χ1v) is 41.6. The van der Waals surface area contributed by atoms with Crippen LogP contribution in [0.4, 0.5) is 0 Å². The van der Waals surface area contributed by atoms with E-state index in [-0.39, 0.29) is 56.8 Å². The van der Waals surface area contributed by atoms with Gasteiger partial charge in [0.2, 0.25) is 70.9 Å². The highest BCUT2D eigenvalue weighted by Crippen LogP contribution is 2.41. The minimum Gasteiger partial charge on any atom is -0.508 e. The molecule has 6 aromatic carbocycles. The molecule has 0 fully saturated rings. The fourth-order valence-corrected chi connectivity index (χ4v) is 14.1. The number of phenols is 1. The van der Waals surface area contributed by atoms with Gasteiger partial charge in [-0.1, -0.05) is 203 Å². The van der Waals surface area contributed by atoms with Crippen LogP contribution < -0.4 is 87.2 Å². The molecular weight excluding hydrogens is 1590 g/mol. The van der Waals surface area contributed by atoms with Gasteiger partial charge in [-0.05, 0) is 110 Å². The van der Waals surface area contributed by atoms with Gasteiger partial charge in [0.05, 0.1) is 24.5 Å². The smallest absolute Gasteiger partial charge is 0.305 e. The number of imidazole rings is 1. The monoisotopic (exact) mass is 1700 g/mol.